The summed E-state index contributed by atoms with van der Waals surface area (Å²) in [5.74, 6) is -1.64. The smallest absolute Gasteiger partial charge is 0.339 e. The molecule has 0 saturated heterocycles. The van der Waals surface area contributed by atoms with Crippen molar-refractivity contribution in [2.45, 2.75) is 97.3 Å². The number of aryl methyl sites for hydroxylation is 1. The third-order valence-corrected chi connectivity index (χ3v) is 6.63. The van der Waals surface area contributed by atoms with Crippen LogP contribution in [-0.2, 0) is 6.42 Å². The number of benzene rings is 1. The molecule has 1 aliphatic carbocycles. The van der Waals surface area contributed by atoms with Crippen molar-refractivity contribution in [2.75, 3.05) is 0 Å². The van der Waals surface area contributed by atoms with Gasteiger partial charge in [0.15, 0.2) is 0 Å². The Balaban J connectivity index is 2.21. The van der Waals surface area contributed by atoms with E-state index in [2.05, 4.69) is 13.5 Å². The number of phenols is 2. The Kier molecular flexibility index (Phi) is 9.67. The minimum absolute atomic E-state index is 0.0146. The van der Waals surface area contributed by atoms with E-state index in [-0.39, 0.29) is 28.9 Å². The van der Waals surface area contributed by atoms with Gasteiger partial charge in [-0.3, -0.25) is 0 Å². The van der Waals surface area contributed by atoms with Crippen molar-refractivity contribution < 1.29 is 20.1 Å². The van der Waals surface area contributed by atoms with Crippen molar-refractivity contribution in [1.82, 2.24) is 0 Å². The van der Waals surface area contributed by atoms with E-state index in [1.54, 1.807) is 6.07 Å². The first-order chi connectivity index (χ1) is 14.8. The third-order valence-electron chi connectivity index (χ3n) is 6.63. The highest BCUT2D eigenvalue weighted by atomic mass is 16.4. The third kappa shape index (κ3) is 6.62. The van der Waals surface area contributed by atoms with Gasteiger partial charge < -0.3 is 15.3 Å². The zero-order chi connectivity index (χ0) is 23.0. The molecule has 4 heteroatoms. The number of hydrogen-bond donors (Lipinski definition) is 3. The average Bonchev–Trinajstić information content (AvgIpc) is 2.69. The largest absolute Gasteiger partial charge is 0.507 e. The summed E-state index contributed by atoms with van der Waals surface area (Å²) in [5.41, 5.74) is 2.94. The molecule has 1 aliphatic rings. The summed E-state index contributed by atoms with van der Waals surface area (Å²) in [6.07, 6.45) is 13.7. The van der Waals surface area contributed by atoms with Crippen molar-refractivity contribution in [2.24, 2.45) is 5.92 Å². The van der Waals surface area contributed by atoms with Crippen LogP contribution in [0.3, 0.4) is 0 Å². The Morgan fingerprint density at radius 1 is 1.10 bits per heavy atom. The first-order valence-corrected chi connectivity index (χ1v) is 11.9. The number of carboxylic acid groups (broad SMARTS) is 1. The maximum atomic E-state index is 12.0. The summed E-state index contributed by atoms with van der Waals surface area (Å²) in [7, 11) is 0. The van der Waals surface area contributed by atoms with Gasteiger partial charge in [-0.15, -0.1) is 0 Å². The van der Waals surface area contributed by atoms with E-state index < -0.39 is 5.97 Å². The Morgan fingerprint density at radius 2 is 1.71 bits per heavy atom. The van der Waals surface area contributed by atoms with E-state index in [9.17, 15) is 20.1 Å². The molecule has 0 amide bonds. The van der Waals surface area contributed by atoms with E-state index in [4.69, 9.17) is 0 Å². The van der Waals surface area contributed by atoms with E-state index in [0.29, 0.717) is 17.5 Å². The minimum Gasteiger partial charge on any atom is -0.507 e. The molecule has 0 heterocycles. The van der Waals surface area contributed by atoms with Crippen molar-refractivity contribution in [3.05, 3.63) is 46.6 Å². The maximum absolute atomic E-state index is 12.0. The fourth-order valence-electron chi connectivity index (χ4n) is 4.84. The molecule has 2 atom stereocenters. The molecule has 0 spiro atoms. The summed E-state index contributed by atoms with van der Waals surface area (Å²) in [6, 6.07) is 1.56. The Bertz CT molecular complexity index is 806. The summed E-state index contributed by atoms with van der Waals surface area (Å²) >= 11 is 0. The van der Waals surface area contributed by atoms with Crippen molar-refractivity contribution in [1.29, 1.82) is 0 Å². The van der Waals surface area contributed by atoms with Crippen LogP contribution in [0.1, 0.15) is 112 Å². The molecule has 1 aromatic carbocycles. The summed E-state index contributed by atoms with van der Waals surface area (Å²) in [4.78, 5) is 12.0. The van der Waals surface area contributed by atoms with Gasteiger partial charge in [0.2, 0.25) is 0 Å². The average molecular weight is 429 g/mol. The van der Waals surface area contributed by atoms with Gasteiger partial charge in [0, 0.05) is 11.5 Å². The topological polar surface area (TPSA) is 77.8 Å². The number of unbranched alkanes of at least 4 members (excludes halogenated alkanes) is 7. The predicted molar refractivity (Wildman–Crippen MR) is 127 cm³/mol. The van der Waals surface area contributed by atoms with Gasteiger partial charge in [-0.1, -0.05) is 75.7 Å². The number of hydrogen-bond acceptors (Lipinski definition) is 3. The second-order valence-electron chi connectivity index (χ2n) is 9.25. The summed E-state index contributed by atoms with van der Waals surface area (Å²) in [6.45, 7) is 10.3. The highest BCUT2D eigenvalue weighted by molar-refractivity contribution is 5.94. The first-order valence-electron chi connectivity index (χ1n) is 11.9. The van der Waals surface area contributed by atoms with Gasteiger partial charge >= 0.3 is 5.97 Å². The number of rotatable bonds is 12. The van der Waals surface area contributed by atoms with Crippen LogP contribution >= 0.6 is 0 Å². The molecule has 0 aliphatic heterocycles. The van der Waals surface area contributed by atoms with Crippen LogP contribution in [0.4, 0.5) is 0 Å². The number of carbonyl (C=O) groups is 1. The lowest BCUT2D eigenvalue weighted by atomic mass is 9.73. The number of phenolic OH excluding ortho intramolecular Hbond substituents is 1. The van der Waals surface area contributed by atoms with Gasteiger partial charge in [0.1, 0.15) is 17.1 Å². The van der Waals surface area contributed by atoms with Crippen molar-refractivity contribution in [3.63, 3.8) is 0 Å². The monoisotopic (exact) mass is 428 g/mol. The van der Waals surface area contributed by atoms with Gasteiger partial charge in [-0.2, -0.15) is 0 Å². The Labute approximate surface area is 187 Å². The molecule has 3 N–H and O–H groups in total. The maximum Gasteiger partial charge on any atom is 0.339 e. The number of carboxylic acids is 1. The number of allylic oxidation sites excluding steroid dienone is 3. The minimum atomic E-state index is -1.14. The highest BCUT2D eigenvalue weighted by Gasteiger charge is 2.32. The van der Waals surface area contributed by atoms with Gasteiger partial charge in [0.25, 0.3) is 0 Å². The molecular formula is C27H40O4. The molecule has 0 aromatic heterocycles. The van der Waals surface area contributed by atoms with Crippen LogP contribution in [0.5, 0.6) is 11.5 Å². The number of aromatic hydroxyl groups is 2. The molecule has 0 unspecified atom stereocenters. The molecule has 1 aromatic rings. The van der Waals surface area contributed by atoms with Gasteiger partial charge in [0.05, 0.1) is 0 Å². The van der Waals surface area contributed by atoms with Crippen LogP contribution in [-0.4, -0.2) is 21.3 Å². The molecule has 0 saturated carbocycles. The molecule has 4 nitrogen and oxygen atoms in total. The Hall–Kier alpha value is -2.23. The van der Waals surface area contributed by atoms with Gasteiger partial charge in [-0.05, 0) is 57.1 Å². The first kappa shape index (κ1) is 25.0. The van der Waals surface area contributed by atoms with Crippen LogP contribution in [0.25, 0.3) is 0 Å². The normalized spacial score (nSPS) is 18.6. The van der Waals surface area contributed by atoms with Crippen LogP contribution in [0.15, 0.2) is 29.9 Å². The van der Waals surface area contributed by atoms with E-state index in [1.165, 1.54) is 37.7 Å². The summed E-state index contributed by atoms with van der Waals surface area (Å²) in [5, 5.41) is 31.6. The second-order valence-corrected chi connectivity index (χ2v) is 9.25. The molecule has 31 heavy (non-hydrogen) atoms. The zero-order valence-corrected chi connectivity index (χ0v) is 19.5. The highest BCUT2D eigenvalue weighted by Crippen LogP contribution is 2.48. The quantitative estimate of drug-likeness (QED) is 0.238. The summed E-state index contributed by atoms with van der Waals surface area (Å²) < 4.78 is 0. The predicted octanol–water partition coefficient (Wildman–Crippen LogP) is 7.50. The molecular weight excluding hydrogens is 388 g/mol. The molecule has 0 radical (unpaired) electrons. The fourth-order valence-corrected chi connectivity index (χ4v) is 4.84. The van der Waals surface area contributed by atoms with Crippen molar-refractivity contribution >= 4 is 5.97 Å². The van der Waals surface area contributed by atoms with Crippen molar-refractivity contribution in [3.8, 4) is 11.5 Å². The van der Waals surface area contributed by atoms with E-state index in [0.717, 1.165) is 37.7 Å². The van der Waals surface area contributed by atoms with E-state index >= 15 is 0 Å². The second kappa shape index (κ2) is 12.0. The molecule has 0 bridgehead atoms. The molecule has 0 fully saturated rings. The Morgan fingerprint density at radius 3 is 2.29 bits per heavy atom. The molecule has 2 rings (SSSR count). The van der Waals surface area contributed by atoms with E-state index in [1.807, 2.05) is 19.9 Å². The van der Waals surface area contributed by atoms with Crippen LogP contribution < -0.4 is 0 Å². The number of aromatic carboxylic acids is 1. The zero-order valence-electron chi connectivity index (χ0n) is 19.5. The van der Waals surface area contributed by atoms with Gasteiger partial charge in [-0.25, -0.2) is 4.79 Å². The lowest BCUT2D eigenvalue weighted by Gasteiger charge is -2.32. The lowest BCUT2D eigenvalue weighted by Crippen LogP contribution is -2.18. The standard InChI is InChI=1S/C27H40O4/c1-5-6-7-8-9-10-11-12-13-20-17-23(28)25(26(29)24(20)27(30)31)22-16-19(4)14-15-21(22)18(2)3/h16-17,21-22,28-29H,2,5-15H2,1,3-4H3,(H,30,31)/t21-,22+/m0/s1. The SMILES string of the molecule is C=C(C)[C@@H]1CCC(C)=C[C@H]1c1c(O)cc(CCCCCCCCCC)c(C(=O)O)c1O. The fraction of sp³-hybridized carbons (Fsp3) is 0.593. The lowest BCUT2D eigenvalue weighted by molar-refractivity contribution is 0.0692. The van der Waals surface area contributed by atoms with Crippen LogP contribution in [0, 0.1) is 5.92 Å². The molecule has 172 valence electrons. The van der Waals surface area contributed by atoms with Crippen LogP contribution in [0.2, 0.25) is 0 Å².